The van der Waals surface area contributed by atoms with Crippen LogP contribution in [0, 0.1) is 5.92 Å². The zero-order valence-corrected chi connectivity index (χ0v) is 44.3. The Balaban J connectivity index is 1.04. The fourth-order valence-electron chi connectivity index (χ4n) is 8.55. The Kier molecular flexibility index (Phi) is 21.6. The summed E-state index contributed by atoms with van der Waals surface area (Å²) >= 11 is 0. The van der Waals surface area contributed by atoms with Gasteiger partial charge < -0.3 is 44.2 Å². The Bertz CT molecular complexity index is 3220. The number of hydrogen-bond acceptors (Lipinski definition) is 14. The van der Waals surface area contributed by atoms with E-state index in [1.807, 2.05) is 43.3 Å². The molecule has 0 radical (unpaired) electrons. The van der Waals surface area contributed by atoms with Gasteiger partial charge in [-0.25, -0.2) is 14.4 Å². The molecule has 1 heterocycles. The normalized spacial score (nSPS) is 11.9. The molecule has 4 amide bonds. The molecule has 80 heavy (non-hydrogen) atoms. The second-order valence-corrected chi connectivity index (χ2v) is 18.5. The van der Waals surface area contributed by atoms with Gasteiger partial charge in [-0.2, -0.15) is 5.06 Å². The first-order chi connectivity index (χ1) is 38.9. The van der Waals surface area contributed by atoms with Gasteiger partial charge in [0.2, 0.25) is 12.3 Å². The number of nitrogens with one attached hydrogen (secondary N) is 3. The van der Waals surface area contributed by atoms with Crippen molar-refractivity contribution in [3.63, 3.8) is 0 Å². The van der Waals surface area contributed by atoms with Gasteiger partial charge in [-0.05, 0) is 76.7 Å². The molecule has 6 aromatic carbocycles. The number of carbonyl (C=O) groups is 8. The maximum Gasteiger partial charge on any atom is 0.363 e. The number of rotatable bonds is 29. The number of esters is 3. The van der Waals surface area contributed by atoms with E-state index < -0.39 is 72.6 Å². The van der Waals surface area contributed by atoms with Crippen molar-refractivity contribution in [3.05, 3.63) is 197 Å². The number of ether oxygens (including phenoxy) is 4. The molecule has 0 spiro atoms. The van der Waals surface area contributed by atoms with Crippen LogP contribution in [0.1, 0.15) is 100 Å². The van der Waals surface area contributed by atoms with Crippen LogP contribution in [-0.2, 0) is 62.8 Å². The Morgan fingerprint density at radius 2 is 1.25 bits per heavy atom. The van der Waals surface area contributed by atoms with Gasteiger partial charge in [0.15, 0.2) is 12.4 Å². The molecule has 0 bridgehead atoms. The lowest BCUT2D eigenvalue weighted by atomic mass is 9.90. The van der Waals surface area contributed by atoms with Crippen LogP contribution >= 0.6 is 0 Å². The quantitative estimate of drug-likeness (QED) is 0.00991. The number of amides is 4. The molecule has 0 unspecified atom stereocenters. The molecular weight excluding hydrogens is 1020 g/mol. The van der Waals surface area contributed by atoms with Crippen LogP contribution in [0.5, 0.6) is 5.75 Å². The van der Waals surface area contributed by atoms with Crippen molar-refractivity contribution in [2.24, 2.45) is 5.92 Å². The molecule has 18 nitrogen and oxygen atoms in total. The Morgan fingerprint density at radius 1 is 0.625 bits per heavy atom. The minimum Gasteiger partial charge on any atom is -0.481 e. The van der Waals surface area contributed by atoms with Gasteiger partial charge in [0, 0.05) is 5.56 Å². The smallest absolute Gasteiger partial charge is 0.363 e. The zero-order chi connectivity index (χ0) is 56.6. The molecule has 0 aliphatic rings. The molecule has 3 N–H and O–H groups in total. The predicted molar refractivity (Wildman–Crippen MR) is 294 cm³/mol. The van der Waals surface area contributed by atoms with Crippen molar-refractivity contribution in [1.29, 1.82) is 0 Å². The highest BCUT2D eigenvalue weighted by Crippen LogP contribution is 2.30. The van der Waals surface area contributed by atoms with Crippen molar-refractivity contribution >= 4 is 58.8 Å². The molecule has 7 aromatic rings. The van der Waals surface area contributed by atoms with E-state index in [2.05, 4.69) is 16.0 Å². The summed E-state index contributed by atoms with van der Waals surface area (Å²) in [6.07, 6.45) is 2.74. The highest BCUT2D eigenvalue weighted by Gasteiger charge is 2.34. The van der Waals surface area contributed by atoms with Crippen LogP contribution in [0.15, 0.2) is 168 Å². The number of hydroxylamine groups is 2. The van der Waals surface area contributed by atoms with Gasteiger partial charge in [-0.3, -0.25) is 24.0 Å². The van der Waals surface area contributed by atoms with Crippen molar-refractivity contribution in [2.45, 2.75) is 84.3 Å². The largest absolute Gasteiger partial charge is 0.481 e. The number of nitrogens with zero attached hydrogens (tertiary/aromatic N) is 1. The van der Waals surface area contributed by atoms with Gasteiger partial charge in [-0.15, -0.1) is 0 Å². The van der Waals surface area contributed by atoms with Gasteiger partial charge >= 0.3 is 23.9 Å². The van der Waals surface area contributed by atoms with Gasteiger partial charge in [-0.1, -0.05) is 161 Å². The fraction of sp³-hybridized carbons (Fsp3) is 0.258. The first-order valence-corrected chi connectivity index (χ1v) is 26.2. The maximum atomic E-state index is 14.2. The fourth-order valence-corrected chi connectivity index (χ4v) is 8.55. The highest BCUT2D eigenvalue weighted by atomic mass is 16.7. The Morgan fingerprint density at radius 3 is 1.89 bits per heavy atom. The van der Waals surface area contributed by atoms with Gasteiger partial charge in [0.1, 0.15) is 37.4 Å². The standard InChI is InChI=1S/C62H62N4O14/c1-3-5-9-26-49(52(4-2)66(41-67)80-61(73)48-28-27-45-24-16-17-25-46(45)33-48)58(70)63-40-64-60(72)54-32-31-53(79-54)47-29-30-50(55(34-47)75-39-57(69)77-37-43-20-12-7-13-21-43)59(71)65-51(62(74)78-38-44-22-14-8-15-23-44)35-56(68)76-36-42-18-10-6-11-19-42/h6-8,10-25,27-34,41,49,51-52H,3-5,9,26,35-40H2,1-2H3,(H,63,70)(H,64,72)(H,65,71)/t49-,51+,52-/m1/s1. The Labute approximate surface area is 462 Å². The first kappa shape index (κ1) is 58.1. The first-order valence-electron chi connectivity index (χ1n) is 26.2. The minimum atomic E-state index is -1.52. The SMILES string of the molecule is CCCCC[C@@H](C(=O)NCNC(=O)c1ccc(-c2ccc(C(=O)N[C@@H](CC(=O)OCc3ccccc3)C(=O)OCc3ccccc3)c(OCC(=O)OCc3ccccc3)c2)o1)[C@@H](CC)N(C=O)OC(=O)c1ccc2ccccc2c1. The number of carbonyl (C=O) groups excluding carboxylic acids is 8. The van der Waals surface area contributed by atoms with Crippen LogP contribution in [0.2, 0.25) is 0 Å². The van der Waals surface area contributed by atoms with E-state index in [0.29, 0.717) is 35.9 Å². The summed E-state index contributed by atoms with van der Waals surface area (Å²) in [6.45, 7) is 2.53. The predicted octanol–water partition coefficient (Wildman–Crippen LogP) is 9.21. The second-order valence-electron chi connectivity index (χ2n) is 18.5. The molecule has 0 fully saturated rings. The third-order valence-corrected chi connectivity index (χ3v) is 12.8. The average molecular weight is 1090 g/mol. The Hall–Kier alpha value is -9.58. The third-order valence-electron chi connectivity index (χ3n) is 12.8. The molecular formula is C62H62N4O14. The van der Waals surface area contributed by atoms with Gasteiger partial charge in [0.05, 0.1) is 36.2 Å². The van der Waals surface area contributed by atoms with Crippen LogP contribution < -0.4 is 20.7 Å². The van der Waals surface area contributed by atoms with Crippen molar-refractivity contribution in [1.82, 2.24) is 21.0 Å². The van der Waals surface area contributed by atoms with E-state index in [1.165, 1.54) is 30.3 Å². The number of furan rings is 1. The van der Waals surface area contributed by atoms with Crippen molar-refractivity contribution < 1.29 is 66.6 Å². The van der Waals surface area contributed by atoms with E-state index in [4.69, 9.17) is 28.2 Å². The lowest BCUT2D eigenvalue weighted by Gasteiger charge is -2.31. The van der Waals surface area contributed by atoms with Crippen molar-refractivity contribution in [3.8, 4) is 17.1 Å². The van der Waals surface area contributed by atoms with Crippen LogP contribution in [-0.4, -0.2) is 78.4 Å². The van der Waals surface area contributed by atoms with Gasteiger partial charge in [0.25, 0.3) is 11.8 Å². The zero-order valence-electron chi connectivity index (χ0n) is 44.3. The molecule has 0 saturated heterocycles. The minimum absolute atomic E-state index is 0.0491. The number of hydrogen-bond donors (Lipinski definition) is 3. The summed E-state index contributed by atoms with van der Waals surface area (Å²) in [5.74, 6) is -6.28. The van der Waals surface area contributed by atoms with E-state index in [1.54, 1.807) is 104 Å². The molecule has 18 heteroatoms. The molecule has 7 rings (SSSR count). The average Bonchev–Trinajstić information content (AvgIpc) is 3.99. The van der Waals surface area contributed by atoms with Crippen LogP contribution in [0.3, 0.4) is 0 Å². The molecule has 1 aromatic heterocycles. The number of fused-ring (bicyclic) bond motifs is 1. The summed E-state index contributed by atoms with van der Waals surface area (Å²) < 4.78 is 28.3. The maximum absolute atomic E-state index is 14.2. The molecule has 0 saturated carbocycles. The van der Waals surface area contributed by atoms with Crippen LogP contribution in [0.4, 0.5) is 0 Å². The number of benzene rings is 6. The molecule has 0 aliphatic heterocycles. The molecule has 0 aliphatic carbocycles. The van der Waals surface area contributed by atoms with E-state index in [9.17, 15) is 38.4 Å². The summed E-state index contributed by atoms with van der Waals surface area (Å²) in [6, 6.07) is 44.0. The monoisotopic (exact) mass is 1090 g/mol. The highest BCUT2D eigenvalue weighted by molar-refractivity contribution is 6.01. The second kappa shape index (κ2) is 29.8. The summed E-state index contributed by atoms with van der Waals surface area (Å²) in [5.41, 5.74) is 2.48. The van der Waals surface area contributed by atoms with E-state index in [0.717, 1.165) is 34.2 Å². The van der Waals surface area contributed by atoms with Crippen LogP contribution in [0.25, 0.3) is 22.1 Å². The molecule has 3 atom stereocenters. The van der Waals surface area contributed by atoms with E-state index >= 15 is 0 Å². The van der Waals surface area contributed by atoms with Crippen molar-refractivity contribution in [2.75, 3.05) is 13.3 Å². The third kappa shape index (κ3) is 17.0. The molecule has 414 valence electrons. The lowest BCUT2D eigenvalue weighted by molar-refractivity contribution is -0.171. The topological polar surface area (TPSA) is 235 Å². The summed E-state index contributed by atoms with van der Waals surface area (Å²) in [7, 11) is 0. The number of unbranched alkanes of at least 4 members (excludes halogenated alkanes) is 2. The van der Waals surface area contributed by atoms with E-state index in [-0.39, 0.29) is 61.3 Å². The summed E-state index contributed by atoms with van der Waals surface area (Å²) in [4.78, 5) is 113. The summed E-state index contributed by atoms with van der Waals surface area (Å²) in [5, 5.41) is 10.5. The lowest BCUT2D eigenvalue weighted by Crippen LogP contribution is -2.49.